The molecule has 0 bridgehead atoms. The van der Waals surface area contributed by atoms with Gasteiger partial charge >= 0.3 is 5.97 Å². The van der Waals surface area contributed by atoms with Crippen LogP contribution in [0.2, 0.25) is 0 Å². The number of hydrogen-bond donors (Lipinski definition) is 2. The van der Waals surface area contributed by atoms with Crippen molar-refractivity contribution in [2.24, 2.45) is 0 Å². The number of amides is 2. The highest BCUT2D eigenvalue weighted by Crippen LogP contribution is 2.51. The number of hydroxylamine groups is 2. The zero-order chi connectivity index (χ0) is 48.9. The molecule has 0 aliphatic carbocycles. The normalized spacial score (nSPS) is 18.0. The van der Waals surface area contributed by atoms with Gasteiger partial charge in [0.05, 0.1) is 16.1 Å². The zero-order valence-corrected chi connectivity index (χ0v) is 40.7. The lowest BCUT2D eigenvalue weighted by Gasteiger charge is -2.26. The third-order valence-corrected chi connectivity index (χ3v) is 16.3. The van der Waals surface area contributed by atoms with Crippen molar-refractivity contribution < 1.29 is 58.2 Å². The van der Waals surface area contributed by atoms with Gasteiger partial charge in [0, 0.05) is 91.1 Å². The second-order valence-corrected chi connectivity index (χ2v) is 22.9. The zero-order valence-electron chi connectivity index (χ0n) is 38.2. The molecular weight excluding hydrogens is 921 g/mol. The molecule has 2 amide bonds. The smallest absolute Gasteiger partial charge is 0.333 e. The summed E-state index contributed by atoms with van der Waals surface area (Å²) in [5.41, 5.74) is 3.97. The summed E-state index contributed by atoms with van der Waals surface area (Å²) >= 11 is 0. The van der Waals surface area contributed by atoms with Gasteiger partial charge in [-0.3, -0.25) is 18.7 Å². The van der Waals surface area contributed by atoms with Gasteiger partial charge in [-0.2, -0.15) is 21.4 Å². The molecule has 4 aromatic carbocycles. The van der Waals surface area contributed by atoms with Gasteiger partial charge in [0.1, 0.15) is 11.4 Å². The Morgan fingerprint density at radius 1 is 0.791 bits per heavy atom. The Balaban J connectivity index is 1.18. The first-order valence-electron chi connectivity index (χ1n) is 22.0. The summed E-state index contributed by atoms with van der Waals surface area (Å²) < 4.78 is 99.3. The molecule has 4 aromatic rings. The maximum atomic E-state index is 14.1. The van der Waals surface area contributed by atoms with Crippen LogP contribution in [0.15, 0.2) is 107 Å². The van der Waals surface area contributed by atoms with Crippen LogP contribution >= 0.6 is 0 Å². The highest BCUT2D eigenvalue weighted by Gasteiger charge is 2.46. The predicted octanol–water partition coefficient (Wildman–Crippen LogP) is 7.11. The lowest BCUT2D eigenvalue weighted by atomic mass is 9.79. The Labute approximate surface area is 391 Å². The Morgan fingerprint density at radius 2 is 1.42 bits per heavy atom. The number of carbonyl (C=O) groups excluding carboxylic acids is 3. The van der Waals surface area contributed by atoms with E-state index in [9.17, 15) is 48.7 Å². The van der Waals surface area contributed by atoms with E-state index in [1.807, 2.05) is 73.1 Å². The molecule has 19 heteroatoms. The van der Waals surface area contributed by atoms with Crippen molar-refractivity contribution in [3.05, 3.63) is 108 Å². The Morgan fingerprint density at radius 3 is 2.06 bits per heavy atom. The van der Waals surface area contributed by atoms with E-state index < -0.39 is 64.6 Å². The number of benzene rings is 4. The van der Waals surface area contributed by atoms with Crippen LogP contribution in [0, 0.1) is 0 Å². The molecule has 356 valence electrons. The molecule has 0 saturated carbocycles. The molecule has 2 N–H and O–H groups in total. The quantitative estimate of drug-likeness (QED) is 0.0468. The van der Waals surface area contributed by atoms with Gasteiger partial charge < -0.3 is 9.74 Å². The number of rotatable bonds is 17. The second kappa shape index (κ2) is 18.5. The van der Waals surface area contributed by atoms with Gasteiger partial charge in [0.25, 0.3) is 32.1 Å². The third kappa shape index (κ3) is 9.49. The van der Waals surface area contributed by atoms with Crippen molar-refractivity contribution in [2.45, 2.75) is 93.8 Å². The van der Waals surface area contributed by atoms with Gasteiger partial charge in [-0.25, -0.2) is 17.5 Å². The molecule has 1 saturated heterocycles. The molecule has 3 heterocycles. The molecule has 16 nitrogen and oxygen atoms in total. The summed E-state index contributed by atoms with van der Waals surface area (Å²) in [4.78, 5) is 43.1. The fourth-order valence-corrected chi connectivity index (χ4v) is 12.3. The minimum Gasteiger partial charge on any atom is -0.344 e. The molecule has 3 aliphatic heterocycles. The summed E-state index contributed by atoms with van der Waals surface area (Å²) in [6.45, 7) is 11.1. The SMILES string of the molecule is CCCN1/C(=C/C=C/C=C/C2=[N+](CCCS(=O)(=O)O)c3ccc4c(S(=O)(=O)N(C)CCCC(=O)ON5C(=O)CCC5=O)cccc4c3C2(C)C)C(C)(C)c2c1ccc1c(S(=O)(=O)O)cccc21. The predicted molar refractivity (Wildman–Crippen MR) is 255 cm³/mol. The van der Waals surface area contributed by atoms with Crippen LogP contribution < -0.4 is 4.90 Å². The largest absolute Gasteiger partial charge is 0.344 e. The van der Waals surface area contributed by atoms with Crippen LogP contribution in [0.1, 0.15) is 84.3 Å². The van der Waals surface area contributed by atoms with Crippen LogP contribution in [0.25, 0.3) is 21.5 Å². The minimum absolute atomic E-state index is 0.0424. The average molecular weight is 976 g/mol. The number of anilines is 1. The maximum Gasteiger partial charge on any atom is 0.333 e. The lowest BCUT2D eigenvalue weighted by Crippen LogP contribution is -2.32. The molecule has 3 aliphatic rings. The van der Waals surface area contributed by atoms with Crippen molar-refractivity contribution in [1.29, 1.82) is 0 Å². The van der Waals surface area contributed by atoms with Gasteiger partial charge in [-0.1, -0.05) is 69.3 Å². The number of carbonyl (C=O) groups is 3. The summed E-state index contributed by atoms with van der Waals surface area (Å²) in [5, 5.41) is 2.75. The average Bonchev–Trinajstić information content (AvgIpc) is 3.77. The molecule has 1 fully saturated rings. The molecule has 67 heavy (non-hydrogen) atoms. The monoisotopic (exact) mass is 975 g/mol. The number of allylic oxidation sites excluding steroid dienone is 6. The maximum absolute atomic E-state index is 14.1. The first kappa shape index (κ1) is 49.3. The second-order valence-electron chi connectivity index (χ2n) is 17.9. The van der Waals surface area contributed by atoms with Crippen LogP contribution in [0.3, 0.4) is 0 Å². The molecule has 0 atom stereocenters. The molecule has 0 spiro atoms. The molecule has 0 radical (unpaired) electrons. The fraction of sp³-hybridized carbons (Fsp3) is 0.375. The Bertz CT molecular complexity index is 3170. The van der Waals surface area contributed by atoms with Gasteiger partial charge in [0.15, 0.2) is 5.71 Å². The van der Waals surface area contributed by atoms with Crippen LogP contribution in [0.5, 0.6) is 0 Å². The Kier molecular flexibility index (Phi) is 13.6. The van der Waals surface area contributed by atoms with E-state index in [0.717, 1.165) is 50.0 Å². The van der Waals surface area contributed by atoms with Gasteiger partial charge in [0.2, 0.25) is 15.7 Å². The molecular formula is C48H55N4O12S3+. The van der Waals surface area contributed by atoms with Crippen LogP contribution in [-0.4, -0.2) is 104 Å². The van der Waals surface area contributed by atoms with Crippen molar-refractivity contribution >= 4 is 86.7 Å². The minimum atomic E-state index is -4.47. The van der Waals surface area contributed by atoms with Crippen LogP contribution in [-0.2, 0) is 60.3 Å². The topological polar surface area (TPSA) is 216 Å². The summed E-state index contributed by atoms with van der Waals surface area (Å²) in [6.07, 6.45) is 10.3. The number of imide groups is 1. The molecule has 0 unspecified atom stereocenters. The third-order valence-electron chi connectivity index (χ3n) is 12.7. The molecule has 0 aromatic heterocycles. The number of fused-ring (bicyclic) bond motifs is 6. The van der Waals surface area contributed by atoms with Crippen molar-refractivity contribution in [3.8, 4) is 0 Å². The molecule has 7 rings (SSSR count). The van der Waals surface area contributed by atoms with Crippen molar-refractivity contribution in [1.82, 2.24) is 9.37 Å². The fourth-order valence-electron chi connectivity index (χ4n) is 9.64. The van der Waals surface area contributed by atoms with Crippen molar-refractivity contribution in [2.75, 3.05) is 37.3 Å². The summed E-state index contributed by atoms with van der Waals surface area (Å²) in [6, 6.07) is 17.1. The first-order chi connectivity index (χ1) is 31.4. The van der Waals surface area contributed by atoms with E-state index >= 15 is 0 Å². The number of sulfonamides is 1. The van der Waals surface area contributed by atoms with Gasteiger partial charge in [-0.15, -0.1) is 5.06 Å². The van der Waals surface area contributed by atoms with E-state index in [2.05, 4.69) is 25.7 Å². The summed E-state index contributed by atoms with van der Waals surface area (Å²) in [7, 11) is -11.4. The standard InChI is InChI=1S/C48H54N4O12S3/c1-7-28-50-36-25-23-33-35(16-12-18-39(33)67(61,62)63)46(36)47(2,3)40(50)19-9-8-10-20-41-48(4,5)45-34-15-11-17-38(32(34)22-24-37(45)51(41)30-14-31-65(56,57)58)66(59,60)49(6)29-13-21-44(55)64-52-42(53)26-27-43(52)54/h8-12,15-20,22-25H,7,13-14,21,26-31H2,1-6H3,(H-,56,57,58,61,62,63)/p+1. The highest BCUT2D eigenvalue weighted by atomic mass is 32.2. The van der Waals surface area contributed by atoms with Crippen LogP contribution in [0.4, 0.5) is 11.4 Å². The van der Waals surface area contributed by atoms with E-state index in [4.69, 9.17) is 4.84 Å². The van der Waals surface area contributed by atoms with Gasteiger partial charge in [-0.05, 0) is 73.4 Å². The lowest BCUT2D eigenvalue weighted by molar-refractivity contribution is -0.437. The van der Waals surface area contributed by atoms with Crippen molar-refractivity contribution in [3.63, 3.8) is 0 Å². The van der Waals surface area contributed by atoms with E-state index in [1.54, 1.807) is 24.3 Å². The first-order valence-corrected chi connectivity index (χ1v) is 26.5. The van der Waals surface area contributed by atoms with E-state index in [-0.39, 0.29) is 55.0 Å². The highest BCUT2D eigenvalue weighted by molar-refractivity contribution is 7.89. The summed E-state index contributed by atoms with van der Waals surface area (Å²) in [5.74, 6) is -2.50. The number of nitrogens with zero attached hydrogens (tertiary/aromatic N) is 4. The van der Waals surface area contributed by atoms with E-state index in [1.165, 1.54) is 19.2 Å². The number of hydrogen-bond acceptors (Lipinski definition) is 11. The Hall–Kier alpha value is -5.57. The van der Waals surface area contributed by atoms with E-state index in [0.29, 0.717) is 27.8 Å².